The molecular formula is C18H19N3O3S. The van der Waals surface area contributed by atoms with Crippen molar-refractivity contribution in [3.63, 3.8) is 0 Å². The summed E-state index contributed by atoms with van der Waals surface area (Å²) in [6.07, 6.45) is 1.17. The van der Waals surface area contributed by atoms with E-state index >= 15 is 0 Å². The minimum Gasteiger partial charge on any atom is -0.323 e. The van der Waals surface area contributed by atoms with Crippen molar-refractivity contribution in [3.05, 3.63) is 65.2 Å². The molecule has 0 spiro atoms. The molecule has 0 aliphatic rings. The largest absolute Gasteiger partial charge is 0.323 e. The van der Waals surface area contributed by atoms with Gasteiger partial charge in [-0.25, -0.2) is 13.2 Å². The van der Waals surface area contributed by atoms with Crippen molar-refractivity contribution < 1.29 is 13.2 Å². The second-order valence-electron chi connectivity index (χ2n) is 5.87. The van der Waals surface area contributed by atoms with Crippen LogP contribution in [-0.2, 0) is 22.1 Å². The maximum Gasteiger partial charge on any atom is 0.321 e. The number of carbonyl (C=O) groups is 1. The molecular weight excluding hydrogens is 338 g/mol. The van der Waals surface area contributed by atoms with E-state index in [1.165, 1.54) is 11.2 Å². The number of anilines is 1. The number of benzene rings is 2. The fourth-order valence-electron chi connectivity index (χ4n) is 2.35. The third kappa shape index (κ3) is 5.94. The van der Waals surface area contributed by atoms with Gasteiger partial charge in [-0.2, -0.15) is 5.26 Å². The molecule has 130 valence electrons. The summed E-state index contributed by atoms with van der Waals surface area (Å²) in [5, 5.41) is 11.7. The Balaban J connectivity index is 2.03. The first-order chi connectivity index (χ1) is 11.8. The van der Waals surface area contributed by atoms with Gasteiger partial charge in [0.05, 0.1) is 17.4 Å². The third-order valence-corrected chi connectivity index (χ3v) is 4.29. The average molecular weight is 357 g/mol. The minimum atomic E-state index is -3.14. The lowest BCUT2D eigenvalue weighted by atomic mass is 10.1. The number of sulfone groups is 1. The number of carbonyl (C=O) groups excluding carboxylic acids is 1. The van der Waals surface area contributed by atoms with Gasteiger partial charge in [0, 0.05) is 25.5 Å². The molecule has 0 aromatic heterocycles. The molecule has 0 saturated heterocycles. The second kappa shape index (κ2) is 7.81. The molecule has 0 unspecified atom stereocenters. The zero-order chi connectivity index (χ0) is 18.4. The Kier molecular flexibility index (Phi) is 5.78. The highest BCUT2D eigenvalue weighted by atomic mass is 32.2. The predicted molar refractivity (Wildman–Crippen MR) is 96.6 cm³/mol. The number of hydrogen-bond donors (Lipinski definition) is 1. The number of urea groups is 1. The van der Waals surface area contributed by atoms with E-state index in [1.807, 2.05) is 6.07 Å². The summed E-state index contributed by atoms with van der Waals surface area (Å²) in [4.78, 5) is 13.8. The first kappa shape index (κ1) is 18.5. The summed E-state index contributed by atoms with van der Waals surface area (Å²) < 4.78 is 22.8. The van der Waals surface area contributed by atoms with Gasteiger partial charge in [-0.1, -0.05) is 24.3 Å². The molecule has 1 N–H and O–H groups in total. The number of hydrogen-bond acceptors (Lipinski definition) is 4. The van der Waals surface area contributed by atoms with Gasteiger partial charge in [-0.3, -0.25) is 0 Å². The lowest BCUT2D eigenvalue weighted by Crippen LogP contribution is -2.30. The highest BCUT2D eigenvalue weighted by molar-refractivity contribution is 7.89. The topological polar surface area (TPSA) is 90.3 Å². The van der Waals surface area contributed by atoms with Crippen molar-refractivity contribution in [2.75, 3.05) is 18.6 Å². The summed E-state index contributed by atoms with van der Waals surface area (Å²) >= 11 is 0. The maximum absolute atomic E-state index is 12.3. The van der Waals surface area contributed by atoms with E-state index in [-0.39, 0.29) is 11.8 Å². The third-order valence-electron chi connectivity index (χ3n) is 3.43. The standard InChI is InChI=1S/C18H19N3O3S/c1-21(12-15-6-3-5-14(9-15)11-19)18(22)20-17-8-4-7-16(10-17)13-25(2,23)24/h3-10H,12-13H2,1-2H3,(H,20,22). The molecule has 2 aromatic rings. The Morgan fingerprint density at radius 3 is 2.52 bits per heavy atom. The van der Waals surface area contributed by atoms with Gasteiger partial charge in [-0.05, 0) is 35.4 Å². The molecule has 6 nitrogen and oxygen atoms in total. The Hall–Kier alpha value is -2.85. The van der Waals surface area contributed by atoms with Crippen LogP contribution in [0.2, 0.25) is 0 Å². The Labute approximate surface area is 147 Å². The SMILES string of the molecule is CN(Cc1cccc(C#N)c1)C(=O)Nc1cccc(CS(C)(=O)=O)c1. The van der Waals surface area contributed by atoms with Crippen molar-refractivity contribution in [1.82, 2.24) is 4.90 Å². The smallest absolute Gasteiger partial charge is 0.321 e. The van der Waals surface area contributed by atoms with Gasteiger partial charge < -0.3 is 10.2 Å². The first-order valence-corrected chi connectivity index (χ1v) is 9.61. The van der Waals surface area contributed by atoms with E-state index in [9.17, 15) is 13.2 Å². The molecule has 0 saturated carbocycles. The molecule has 2 aromatic carbocycles. The van der Waals surface area contributed by atoms with Gasteiger partial charge in [0.25, 0.3) is 0 Å². The first-order valence-electron chi connectivity index (χ1n) is 7.54. The fraction of sp³-hybridized carbons (Fsp3) is 0.222. The molecule has 2 amide bonds. The van der Waals surface area contributed by atoms with E-state index in [1.54, 1.807) is 49.5 Å². The molecule has 0 bridgehead atoms. The van der Waals surface area contributed by atoms with Gasteiger partial charge in [0.2, 0.25) is 0 Å². The predicted octanol–water partition coefficient (Wildman–Crippen LogP) is 2.77. The Bertz CT molecular complexity index is 917. The Morgan fingerprint density at radius 1 is 1.16 bits per heavy atom. The van der Waals surface area contributed by atoms with Crippen molar-refractivity contribution in [2.45, 2.75) is 12.3 Å². The van der Waals surface area contributed by atoms with E-state index in [4.69, 9.17) is 5.26 Å². The van der Waals surface area contributed by atoms with E-state index < -0.39 is 9.84 Å². The molecule has 7 heteroatoms. The van der Waals surface area contributed by atoms with Gasteiger partial charge in [-0.15, -0.1) is 0 Å². The summed E-state index contributed by atoms with van der Waals surface area (Å²) in [6.45, 7) is 0.352. The number of nitrogens with one attached hydrogen (secondary N) is 1. The molecule has 0 heterocycles. The number of amides is 2. The van der Waals surface area contributed by atoms with Crippen molar-refractivity contribution >= 4 is 21.6 Å². The molecule has 0 radical (unpaired) electrons. The van der Waals surface area contributed by atoms with Crippen LogP contribution >= 0.6 is 0 Å². The zero-order valence-corrected chi connectivity index (χ0v) is 14.9. The summed E-state index contributed by atoms with van der Waals surface area (Å²) in [5.74, 6) is -0.0759. The number of nitriles is 1. The van der Waals surface area contributed by atoms with Crippen molar-refractivity contribution in [2.24, 2.45) is 0 Å². The summed E-state index contributed by atoms with van der Waals surface area (Å²) in [6, 6.07) is 15.5. The van der Waals surface area contributed by atoms with Gasteiger partial charge in [0.15, 0.2) is 9.84 Å². The molecule has 0 atom stereocenters. The van der Waals surface area contributed by atoms with Crippen LogP contribution in [0.4, 0.5) is 10.5 Å². The lowest BCUT2D eigenvalue weighted by molar-refractivity contribution is 0.220. The van der Waals surface area contributed by atoms with E-state index in [0.717, 1.165) is 5.56 Å². The monoisotopic (exact) mass is 357 g/mol. The molecule has 0 fully saturated rings. The second-order valence-corrected chi connectivity index (χ2v) is 8.01. The van der Waals surface area contributed by atoms with Gasteiger partial charge in [0.1, 0.15) is 0 Å². The molecule has 0 aliphatic heterocycles. The van der Waals surface area contributed by atoms with Gasteiger partial charge >= 0.3 is 6.03 Å². The van der Waals surface area contributed by atoms with Crippen LogP contribution in [0.1, 0.15) is 16.7 Å². The van der Waals surface area contributed by atoms with Crippen LogP contribution in [0.5, 0.6) is 0 Å². The minimum absolute atomic E-state index is 0.0759. The van der Waals surface area contributed by atoms with E-state index in [2.05, 4.69) is 11.4 Å². The Morgan fingerprint density at radius 2 is 1.84 bits per heavy atom. The lowest BCUT2D eigenvalue weighted by Gasteiger charge is -2.18. The molecule has 25 heavy (non-hydrogen) atoms. The highest BCUT2D eigenvalue weighted by Crippen LogP contribution is 2.14. The quantitative estimate of drug-likeness (QED) is 0.891. The highest BCUT2D eigenvalue weighted by Gasteiger charge is 2.11. The van der Waals surface area contributed by atoms with Crippen LogP contribution in [0.25, 0.3) is 0 Å². The maximum atomic E-state index is 12.3. The summed E-state index contributed by atoms with van der Waals surface area (Å²) in [7, 11) is -1.49. The zero-order valence-electron chi connectivity index (χ0n) is 14.1. The van der Waals surface area contributed by atoms with Crippen molar-refractivity contribution in [3.8, 4) is 6.07 Å². The fourth-order valence-corrected chi connectivity index (χ4v) is 3.13. The number of nitrogens with zero attached hydrogens (tertiary/aromatic N) is 2. The van der Waals surface area contributed by atoms with E-state index in [0.29, 0.717) is 23.4 Å². The normalized spacial score (nSPS) is 10.8. The number of rotatable bonds is 5. The summed E-state index contributed by atoms with van der Waals surface area (Å²) in [5.41, 5.74) is 2.54. The van der Waals surface area contributed by atoms with Crippen LogP contribution in [-0.4, -0.2) is 32.7 Å². The van der Waals surface area contributed by atoms with Crippen LogP contribution < -0.4 is 5.32 Å². The van der Waals surface area contributed by atoms with Crippen LogP contribution in [0, 0.1) is 11.3 Å². The molecule has 0 aliphatic carbocycles. The van der Waals surface area contributed by atoms with Crippen LogP contribution in [0.3, 0.4) is 0 Å². The van der Waals surface area contributed by atoms with Crippen LogP contribution in [0.15, 0.2) is 48.5 Å². The van der Waals surface area contributed by atoms with Crippen molar-refractivity contribution in [1.29, 1.82) is 5.26 Å². The average Bonchev–Trinajstić information content (AvgIpc) is 2.53. The molecule has 2 rings (SSSR count).